The van der Waals surface area contributed by atoms with Gasteiger partial charge in [-0.1, -0.05) is 5.18 Å². The van der Waals surface area contributed by atoms with Crippen molar-refractivity contribution in [1.29, 1.82) is 0 Å². The zero-order chi connectivity index (χ0) is 7.56. The quantitative estimate of drug-likeness (QED) is 0.412. The van der Waals surface area contributed by atoms with E-state index in [4.69, 9.17) is 0 Å². The van der Waals surface area contributed by atoms with Crippen molar-refractivity contribution in [2.75, 3.05) is 0 Å². The predicted octanol–water partition coefficient (Wildman–Crippen LogP) is -0.489. The Balaban J connectivity index is 2.91. The van der Waals surface area contributed by atoms with Gasteiger partial charge in [-0.25, -0.2) is 4.57 Å². The lowest BCUT2D eigenvalue weighted by Gasteiger charge is -1.80. The molecule has 54 valence electrons. The van der Waals surface area contributed by atoms with Gasteiger partial charge >= 0.3 is 5.82 Å². The molecule has 1 aromatic heterocycles. The second-order valence-corrected chi connectivity index (χ2v) is 2.10. The first-order chi connectivity index (χ1) is 4.74. The van der Waals surface area contributed by atoms with Gasteiger partial charge in [-0.05, 0) is 0 Å². The fraction of sp³-hybridized carbons (Fsp3) is 0.600. The minimum absolute atomic E-state index is 0.136. The third-order valence-electron chi connectivity index (χ3n) is 1.23. The molecule has 0 unspecified atom stereocenters. The first kappa shape index (κ1) is 6.85. The lowest BCUT2D eigenvalue weighted by atomic mass is 10.6. The van der Waals surface area contributed by atoms with Crippen molar-refractivity contribution < 1.29 is 4.57 Å². The summed E-state index contributed by atoms with van der Waals surface area (Å²) in [6.45, 7) is 0.136. The van der Waals surface area contributed by atoms with Gasteiger partial charge in [0, 0.05) is 5.10 Å². The van der Waals surface area contributed by atoms with Crippen molar-refractivity contribution in [2.24, 2.45) is 19.3 Å². The molecule has 0 saturated heterocycles. The van der Waals surface area contributed by atoms with Crippen molar-refractivity contribution in [3.63, 3.8) is 0 Å². The van der Waals surface area contributed by atoms with Crippen LogP contribution in [0, 0.1) is 4.91 Å². The normalized spacial score (nSPS) is 9.80. The van der Waals surface area contributed by atoms with Gasteiger partial charge in [-0.15, -0.1) is 4.68 Å². The number of aromatic nitrogens is 3. The molecule has 0 atom stereocenters. The molecule has 0 radical (unpaired) electrons. The Morgan fingerprint density at radius 3 is 3.00 bits per heavy atom. The molecular formula is C5H9N4O+. The highest BCUT2D eigenvalue weighted by Gasteiger charge is 2.09. The van der Waals surface area contributed by atoms with Crippen molar-refractivity contribution in [3.05, 3.63) is 17.1 Å². The standard InChI is InChI=1S/C5H9N4O/c1-8-4-9(2)7-5(8)3-6-10/h4H,3H2,1-2H3/q+1. The van der Waals surface area contributed by atoms with E-state index in [1.165, 1.54) is 0 Å². The van der Waals surface area contributed by atoms with E-state index >= 15 is 0 Å². The van der Waals surface area contributed by atoms with Crippen LogP contribution in [0.15, 0.2) is 11.5 Å². The molecule has 0 bridgehead atoms. The van der Waals surface area contributed by atoms with Gasteiger partial charge in [-0.2, -0.15) is 4.91 Å². The average molecular weight is 141 g/mol. The van der Waals surface area contributed by atoms with Crippen LogP contribution in [-0.4, -0.2) is 9.78 Å². The van der Waals surface area contributed by atoms with Crippen LogP contribution in [0.1, 0.15) is 5.82 Å². The van der Waals surface area contributed by atoms with Crippen LogP contribution < -0.4 is 4.57 Å². The Morgan fingerprint density at radius 2 is 2.60 bits per heavy atom. The fourth-order valence-electron chi connectivity index (χ4n) is 0.797. The van der Waals surface area contributed by atoms with E-state index in [2.05, 4.69) is 10.3 Å². The summed E-state index contributed by atoms with van der Waals surface area (Å²) >= 11 is 0. The molecule has 10 heavy (non-hydrogen) atoms. The summed E-state index contributed by atoms with van der Waals surface area (Å²) in [6, 6.07) is 0. The van der Waals surface area contributed by atoms with E-state index < -0.39 is 0 Å². The molecule has 0 amide bonds. The Hall–Kier alpha value is -1.26. The molecular weight excluding hydrogens is 132 g/mol. The van der Waals surface area contributed by atoms with E-state index in [0.717, 1.165) is 0 Å². The molecule has 5 heteroatoms. The zero-order valence-corrected chi connectivity index (χ0v) is 5.98. The monoisotopic (exact) mass is 141 g/mol. The van der Waals surface area contributed by atoms with Gasteiger partial charge in [0.15, 0.2) is 6.54 Å². The number of nitroso groups, excluding NO2 is 1. The number of aryl methyl sites for hydroxylation is 2. The van der Waals surface area contributed by atoms with Crippen molar-refractivity contribution in [3.8, 4) is 0 Å². The first-order valence-electron chi connectivity index (χ1n) is 2.91. The topological polar surface area (TPSA) is 51.1 Å². The van der Waals surface area contributed by atoms with Gasteiger partial charge < -0.3 is 0 Å². The van der Waals surface area contributed by atoms with E-state index in [0.29, 0.717) is 5.82 Å². The molecule has 0 spiro atoms. The van der Waals surface area contributed by atoms with E-state index in [-0.39, 0.29) is 6.54 Å². The SMILES string of the molecule is Cn1c[n+](C)c(CN=O)n1. The largest absolute Gasteiger partial charge is 0.302 e. The van der Waals surface area contributed by atoms with E-state index in [9.17, 15) is 4.91 Å². The van der Waals surface area contributed by atoms with Gasteiger partial charge in [-0.3, -0.25) is 0 Å². The van der Waals surface area contributed by atoms with Crippen LogP contribution in [-0.2, 0) is 20.6 Å². The van der Waals surface area contributed by atoms with E-state index in [1.54, 1.807) is 22.6 Å². The van der Waals surface area contributed by atoms with Gasteiger partial charge in [0.25, 0.3) is 0 Å². The third-order valence-corrected chi connectivity index (χ3v) is 1.23. The molecule has 5 nitrogen and oxygen atoms in total. The lowest BCUT2D eigenvalue weighted by molar-refractivity contribution is -0.679. The Kier molecular flexibility index (Phi) is 1.75. The molecule has 1 aromatic rings. The highest BCUT2D eigenvalue weighted by molar-refractivity contribution is 4.68. The molecule has 0 N–H and O–H groups in total. The van der Waals surface area contributed by atoms with Crippen molar-refractivity contribution in [2.45, 2.75) is 6.54 Å². The smallest absolute Gasteiger partial charge is 0.236 e. The van der Waals surface area contributed by atoms with Crippen LogP contribution in [0.3, 0.4) is 0 Å². The summed E-state index contributed by atoms with van der Waals surface area (Å²) in [5, 5.41) is 6.72. The number of nitrogens with zero attached hydrogens (tertiary/aromatic N) is 4. The van der Waals surface area contributed by atoms with Gasteiger partial charge in [0.2, 0.25) is 6.33 Å². The molecule has 0 fully saturated rings. The second-order valence-electron chi connectivity index (χ2n) is 2.10. The molecule has 0 aliphatic carbocycles. The first-order valence-corrected chi connectivity index (χ1v) is 2.91. The van der Waals surface area contributed by atoms with Crippen LogP contribution in [0.25, 0.3) is 0 Å². The minimum Gasteiger partial charge on any atom is -0.236 e. The highest BCUT2D eigenvalue weighted by Crippen LogP contribution is 1.85. The molecule has 0 aromatic carbocycles. The van der Waals surface area contributed by atoms with Crippen molar-refractivity contribution in [1.82, 2.24) is 9.78 Å². The zero-order valence-electron chi connectivity index (χ0n) is 5.98. The second kappa shape index (κ2) is 2.55. The summed E-state index contributed by atoms with van der Waals surface area (Å²) in [5.41, 5.74) is 0. The Labute approximate surface area is 58.3 Å². The summed E-state index contributed by atoms with van der Waals surface area (Å²) in [6.07, 6.45) is 1.78. The number of hydrogen-bond donors (Lipinski definition) is 0. The van der Waals surface area contributed by atoms with Crippen LogP contribution in [0.5, 0.6) is 0 Å². The number of rotatable bonds is 2. The maximum Gasteiger partial charge on any atom is 0.302 e. The maximum absolute atomic E-state index is 9.82. The van der Waals surface area contributed by atoms with Crippen LogP contribution in [0.2, 0.25) is 0 Å². The summed E-state index contributed by atoms with van der Waals surface area (Å²) in [4.78, 5) is 9.82. The Morgan fingerprint density at radius 1 is 1.90 bits per heavy atom. The predicted molar refractivity (Wildman–Crippen MR) is 33.9 cm³/mol. The highest BCUT2D eigenvalue weighted by atomic mass is 16.3. The fourth-order valence-corrected chi connectivity index (χ4v) is 0.797. The third kappa shape index (κ3) is 1.18. The van der Waals surface area contributed by atoms with Crippen LogP contribution in [0.4, 0.5) is 0 Å². The summed E-state index contributed by atoms with van der Waals surface area (Å²) < 4.78 is 3.40. The molecule has 0 aliphatic rings. The lowest BCUT2D eigenvalue weighted by Crippen LogP contribution is -2.30. The maximum atomic E-state index is 9.82. The van der Waals surface area contributed by atoms with Gasteiger partial charge in [0.05, 0.1) is 14.1 Å². The Bertz CT molecular complexity index is 242. The van der Waals surface area contributed by atoms with Crippen LogP contribution >= 0.6 is 0 Å². The van der Waals surface area contributed by atoms with Crippen molar-refractivity contribution >= 4 is 0 Å². The minimum atomic E-state index is 0.136. The summed E-state index contributed by atoms with van der Waals surface area (Å²) in [7, 11) is 3.63. The van der Waals surface area contributed by atoms with Gasteiger partial charge in [0.1, 0.15) is 0 Å². The molecule has 1 rings (SSSR count). The van der Waals surface area contributed by atoms with E-state index in [1.807, 2.05) is 7.05 Å². The molecule has 0 saturated carbocycles. The molecule has 1 heterocycles. The molecule has 0 aliphatic heterocycles. The summed E-state index contributed by atoms with van der Waals surface area (Å²) in [5.74, 6) is 0.678. The number of hydrogen-bond acceptors (Lipinski definition) is 3. The average Bonchev–Trinajstić information content (AvgIpc) is 2.13.